The molecule has 3 aliphatic rings. The normalized spacial score (nSPS) is 33.9. The number of nitrogens with zero attached hydrogens (tertiary/aromatic N) is 2. The lowest BCUT2D eigenvalue weighted by Gasteiger charge is -2.45. The highest BCUT2D eigenvalue weighted by Gasteiger charge is 2.34. The SMILES string of the molecule is CCN=C(N)N1CC2CCC1CC2. The van der Waals surface area contributed by atoms with Gasteiger partial charge in [-0.3, -0.25) is 4.99 Å². The Labute approximate surface area is 80.0 Å². The summed E-state index contributed by atoms with van der Waals surface area (Å²) in [5.41, 5.74) is 5.92. The van der Waals surface area contributed by atoms with E-state index in [1.54, 1.807) is 0 Å². The molecule has 74 valence electrons. The molecule has 0 amide bonds. The summed E-state index contributed by atoms with van der Waals surface area (Å²) in [5.74, 6) is 1.66. The predicted octanol–water partition coefficient (Wildman–Crippen LogP) is 1.20. The number of nitrogens with two attached hydrogens (primary N) is 1. The van der Waals surface area contributed by atoms with Gasteiger partial charge in [0.25, 0.3) is 0 Å². The minimum atomic E-state index is 0.695. The number of hydrogen-bond donors (Lipinski definition) is 1. The summed E-state index contributed by atoms with van der Waals surface area (Å²) in [6.07, 6.45) is 5.45. The predicted molar refractivity (Wildman–Crippen MR) is 54.6 cm³/mol. The molecular weight excluding hydrogens is 162 g/mol. The molecule has 0 aromatic heterocycles. The third kappa shape index (κ3) is 1.64. The van der Waals surface area contributed by atoms with Gasteiger partial charge in [-0.1, -0.05) is 0 Å². The van der Waals surface area contributed by atoms with Crippen LogP contribution in [0, 0.1) is 5.92 Å². The Morgan fingerprint density at radius 3 is 2.54 bits per heavy atom. The fourth-order valence-corrected chi connectivity index (χ4v) is 2.60. The van der Waals surface area contributed by atoms with Gasteiger partial charge in [-0.2, -0.15) is 0 Å². The van der Waals surface area contributed by atoms with E-state index in [4.69, 9.17) is 5.73 Å². The van der Waals surface area contributed by atoms with Gasteiger partial charge >= 0.3 is 0 Å². The Kier molecular flexibility index (Phi) is 2.42. The molecule has 2 aliphatic heterocycles. The van der Waals surface area contributed by atoms with Crippen LogP contribution in [0.15, 0.2) is 4.99 Å². The van der Waals surface area contributed by atoms with E-state index in [0.717, 1.165) is 25.0 Å². The topological polar surface area (TPSA) is 41.6 Å². The summed E-state index contributed by atoms with van der Waals surface area (Å²) < 4.78 is 0. The third-order valence-corrected chi connectivity index (χ3v) is 3.33. The summed E-state index contributed by atoms with van der Waals surface area (Å²) in [4.78, 5) is 6.61. The first kappa shape index (κ1) is 8.85. The number of aliphatic imine (C=N–C) groups is 1. The summed E-state index contributed by atoms with van der Waals surface area (Å²) >= 11 is 0. The molecule has 0 atom stereocenters. The van der Waals surface area contributed by atoms with E-state index in [-0.39, 0.29) is 0 Å². The van der Waals surface area contributed by atoms with Gasteiger partial charge in [0.1, 0.15) is 0 Å². The van der Waals surface area contributed by atoms with E-state index in [1.165, 1.54) is 25.7 Å². The minimum Gasteiger partial charge on any atom is -0.370 e. The molecule has 0 aromatic rings. The van der Waals surface area contributed by atoms with Crippen molar-refractivity contribution in [1.82, 2.24) is 4.90 Å². The van der Waals surface area contributed by atoms with E-state index >= 15 is 0 Å². The molecule has 2 heterocycles. The monoisotopic (exact) mass is 181 g/mol. The Balaban J connectivity index is 2.04. The zero-order chi connectivity index (χ0) is 9.26. The average Bonchev–Trinajstić information content (AvgIpc) is 2.20. The highest BCUT2D eigenvalue weighted by molar-refractivity contribution is 5.78. The summed E-state index contributed by atoms with van der Waals surface area (Å²) in [5, 5.41) is 0. The molecular formula is C10H19N3. The van der Waals surface area contributed by atoms with Crippen LogP contribution in [0.1, 0.15) is 32.6 Å². The van der Waals surface area contributed by atoms with Crippen LogP contribution in [0.5, 0.6) is 0 Å². The van der Waals surface area contributed by atoms with Crippen LogP contribution in [0.25, 0.3) is 0 Å². The van der Waals surface area contributed by atoms with E-state index in [0.29, 0.717) is 6.04 Å². The molecule has 0 radical (unpaired) electrons. The van der Waals surface area contributed by atoms with E-state index in [9.17, 15) is 0 Å². The zero-order valence-corrected chi connectivity index (χ0v) is 8.37. The molecule has 2 saturated heterocycles. The molecule has 13 heavy (non-hydrogen) atoms. The zero-order valence-electron chi connectivity index (χ0n) is 8.37. The smallest absolute Gasteiger partial charge is 0.191 e. The Morgan fingerprint density at radius 2 is 2.08 bits per heavy atom. The second kappa shape index (κ2) is 3.56. The fraction of sp³-hybridized carbons (Fsp3) is 0.900. The van der Waals surface area contributed by atoms with Crippen molar-refractivity contribution in [1.29, 1.82) is 0 Å². The molecule has 2 bridgehead atoms. The number of rotatable bonds is 1. The van der Waals surface area contributed by atoms with Gasteiger partial charge in [0.15, 0.2) is 5.96 Å². The lowest BCUT2D eigenvalue weighted by atomic mass is 9.80. The number of hydrogen-bond acceptors (Lipinski definition) is 1. The third-order valence-electron chi connectivity index (χ3n) is 3.33. The van der Waals surface area contributed by atoms with Crippen molar-refractivity contribution in [3.05, 3.63) is 0 Å². The maximum absolute atomic E-state index is 5.92. The molecule has 1 saturated carbocycles. The van der Waals surface area contributed by atoms with Crippen molar-refractivity contribution < 1.29 is 0 Å². The first-order valence-corrected chi connectivity index (χ1v) is 5.37. The molecule has 1 aliphatic carbocycles. The first-order chi connectivity index (χ1) is 6.31. The second-order valence-corrected chi connectivity index (χ2v) is 4.16. The average molecular weight is 181 g/mol. The van der Waals surface area contributed by atoms with Crippen molar-refractivity contribution in [3.8, 4) is 0 Å². The summed E-state index contributed by atoms with van der Waals surface area (Å²) in [7, 11) is 0. The van der Waals surface area contributed by atoms with Crippen molar-refractivity contribution in [2.75, 3.05) is 13.1 Å². The maximum Gasteiger partial charge on any atom is 0.191 e. The van der Waals surface area contributed by atoms with Gasteiger partial charge in [-0.15, -0.1) is 0 Å². The molecule has 0 spiro atoms. The van der Waals surface area contributed by atoms with Gasteiger partial charge < -0.3 is 10.6 Å². The maximum atomic E-state index is 5.92. The minimum absolute atomic E-state index is 0.695. The molecule has 3 rings (SSSR count). The molecule has 3 nitrogen and oxygen atoms in total. The fourth-order valence-electron chi connectivity index (χ4n) is 2.60. The number of piperidine rings is 2. The van der Waals surface area contributed by atoms with E-state index < -0.39 is 0 Å². The van der Waals surface area contributed by atoms with Crippen LogP contribution in [0.3, 0.4) is 0 Å². The van der Waals surface area contributed by atoms with Gasteiger partial charge in [-0.25, -0.2) is 0 Å². The van der Waals surface area contributed by atoms with Gasteiger partial charge in [0.05, 0.1) is 0 Å². The second-order valence-electron chi connectivity index (χ2n) is 4.16. The van der Waals surface area contributed by atoms with Crippen LogP contribution < -0.4 is 5.73 Å². The Bertz CT molecular complexity index is 204. The molecule has 0 aromatic carbocycles. The lowest BCUT2D eigenvalue weighted by molar-refractivity contribution is 0.108. The van der Waals surface area contributed by atoms with Crippen LogP contribution in [-0.2, 0) is 0 Å². The number of guanidine groups is 1. The summed E-state index contributed by atoms with van der Waals surface area (Å²) in [6.45, 7) is 3.99. The lowest BCUT2D eigenvalue weighted by Crippen LogP contribution is -2.53. The van der Waals surface area contributed by atoms with E-state index in [1.807, 2.05) is 6.92 Å². The van der Waals surface area contributed by atoms with Crippen LogP contribution in [0.2, 0.25) is 0 Å². The molecule has 3 heteroatoms. The number of fused-ring (bicyclic) bond motifs is 3. The van der Waals surface area contributed by atoms with Gasteiger partial charge in [0, 0.05) is 19.1 Å². The van der Waals surface area contributed by atoms with Gasteiger partial charge in [-0.05, 0) is 38.5 Å². The van der Waals surface area contributed by atoms with Crippen LogP contribution >= 0.6 is 0 Å². The Hall–Kier alpha value is -0.730. The first-order valence-electron chi connectivity index (χ1n) is 5.37. The molecule has 0 unspecified atom stereocenters. The summed E-state index contributed by atoms with van der Waals surface area (Å²) in [6, 6.07) is 0.695. The van der Waals surface area contributed by atoms with E-state index in [2.05, 4.69) is 9.89 Å². The van der Waals surface area contributed by atoms with Gasteiger partial charge in [0.2, 0.25) is 0 Å². The van der Waals surface area contributed by atoms with Crippen molar-refractivity contribution in [2.45, 2.75) is 38.6 Å². The van der Waals surface area contributed by atoms with Crippen LogP contribution in [0.4, 0.5) is 0 Å². The van der Waals surface area contributed by atoms with Crippen LogP contribution in [-0.4, -0.2) is 30.0 Å². The standard InChI is InChI=1S/C10H19N3/c1-2-12-10(11)13-7-8-3-5-9(13)6-4-8/h8-9H,2-7H2,1H3,(H2,11,12). The van der Waals surface area contributed by atoms with Crippen molar-refractivity contribution in [3.63, 3.8) is 0 Å². The quantitative estimate of drug-likeness (QED) is 0.488. The highest BCUT2D eigenvalue weighted by atomic mass is 15.3. The van der Waals surface area contributed by atoms with Crippen molar-refractivity contribution >= 4 is 5.96 Å². The highest BCUT2D eigenvalue weighted by Crippen LogP contribution is 2.34. The molecule has 2 N–H and O–H groups in total. The van der Waals surface area contributed by atoms with Crippen molar-refractivity contribution in [2.24, 2.45) is 16.6 Å². The Morgan fingerprint density at radius 1 is 1.38 bits per heavy atom. The molecule has 3 fully saturated rings. The largest absolute Gasteiger partial charge is 0.370 e.